The molecule has 53 heavy (non-hydrogen) atoms. The number of piperazine rings is 1. The first-order chi connectivity index (χ1) is 25.2. The van der Waals surface area contributed by atoms with Crippen molar-refractivity contribution < 1.29 is 44.2 Å². The van der Waals surface area contributed by atoms with Crippen molar-refractivity contribution in [3.8, 4) is 23.0 Å². The summed E-state index contributed by atoms with van der Waals surface area (Å²) in [7, 11) is -4.05. The summed E-state index contributed by atoms with van der Waals surface area (Å²) in [6.45, 7) is 5.20. The summed E-state index contributed by atoms with van der Waals surface area (Å²) < 4.78 is 121. The third-order valence-corrected chi connectivity index (χ3v) is 11.1. The van der Waals surface area contributed by atoms with E-state index in [1.807, 2.05) is 4.90 Å². The molecule has 2 saturated heterocycles. The molecule has 0 unspecified atom stereocenters. The summed E-state index contributed by atoms with van der Waals surface area (Å²) in [4.78, 5) is 4.03. The van der Waals surface area contributed by atoms with Crippen molar-refractivity contribution in [1.29, 1.82) is 0 Å². The summed E-state index contributed by atoms with van der Waals surface area (Å²) in [6, 6.07) is 17.8. The zero-order valence-corrected chi connectivity index (χ0v) is 29.8. The third kappa shape index (κ3) is 10.5. The lowest BCUT2D eigenvalue weighted by Gasteiger charge is -2.27. The van der Waals surface area contributed by atoms with Gasteiger partial charge >= 0.3 is 12.4 Å². The topological polar surface area (TPSA) is 71.1 Å². The number of sulfone groups is 1. The molecule has 0 spiro atoms. The van der Waals surface area contributed by atoms with Gasteiger partial charge in [0.25, 0.3) is 0 Å². The van der Waals surface area contributed by atoms with Crippen LogP contribution >= 0.6 is 0 Å². The fraction of sp³-hybridized carbons (Fsp3) is 0.385. The number of hydrogen-bond acceptors (Lipinski definition) is 7. The molecule has 1 N–H and O–H groups in total. The Labute approximate surface area is 305 Å². The molecule has 0 bridgehead atoms. The van der Waals surface area contributed by atoms with Gasteiger partial charge in [0.1, 0.15) is 23.0 Å². The minimum atomic E-state index is -4.59. The maximum atomic E-state index is 13.8. The molecule has 6 rings (SSSR count). The first-order valence-electron chi connectivity index (χ1n) is 17.6. The van der Waals surface area contributed by atoms with Gasteiger partial charge in [0.15, 0.2) is 0 Å². The summed E-state index contributed by atoms with van der Waals surface area (Å²) >= 11 is 0. The highest BCUT2D eigenvalue weighted by atomic mass is 32.2. The van der Waals surface area contributed by atoms with E-state index in [-0.39, 0.29) is 32.8 Å². The molecule has 0 aromatic heterocycles. The Bertz CT molecular complexity index is 1940. The van der Waals surface area contributed by atoms with Gasteiger partial charge < -0.3 is 14.8 Å². The van der Waals surface area contributed by atoms with Crippen LogP contribution in [0.3, 0.4) is 0 Å². The highest BCUT2D eigenvalue weighted by molar-refractivity contribution is 7.91. The fourth-order valence-corrected chi connectivity index (χ4v) is 7.85. The van der Waals surface area contributed by atoms with E-state index in [1.165, 1.54) is 55.0 Å². The monoisotopic (exact) mass is 761 g/mol. The summed E-state index contributed by atoms with van der Waals surface area (Å²) in [6.07, 6.45) is -3.81. The summed E-state index contributed by atoms with van der Waals surface area (Å²) in [5, 5.41) is 3.21. The molecule has 2 heterocycles. The first-order valence-corrected chi connectivity index (χ1v) is 19.1. The van der Waals surface area contributed by atoms with Gasteiger partial charge in [-0.05, 0) is 122 Å². The van der Waals surface area contributed by atoms with Crippen LogP contribution in [0.25, 0.3) is 0 Å². The average molecular weight is 762 g/mol. The minimum Gasteiger partial charge on any atom is -0.457 e. The van der Waals surface area contributed by atoms with Gasteiger partial charge in [0, 0.05) is 39.3 Å². The van der Waals surface area contributed by atoms with E-state index in [1.54, 1.807) is 12.1 Å². The smallest absolute Gasteiger partial charge is 0.416 e. The molecule has 0 saturated carbocycles. The van der Waals surface area contributed by atoms with Crippen LogP contribution < -0.4 is 14.8 Å². The quantitative estimate of drug-likeness (QED) is 0.162. The molecule has 2 fully saturated rings. The fourth-order valence-electron chi connectivity index (χ4n) is 6.59. The van der Waals surface area contributed by atoms with Crippen LogP contribution in [0.15, 0.2) is 94.7 Å². The standard InChI is InChI=1S/C39H41F6N3O4S/c40-38(41,42)30-20-28(26-47-16-4-2-1-3-5-17-47)22-34(24-30)51-32-6-10-36(11-7-32)53(49,50)37-12-8-33(9-13-37)52-35-23-29(21-31(25-35)39(43,44)45)27-48-18-14-46-15-19-48/h6-13,20-25,46H,1-5,14-19,26-27H2. The van der Waals surface area contributed by atoms with Crippen molar-refractivity contribution in [2.24, 2.45) is 0 Å². The number of hydrogen-bond donors (Lipinski definition) is 1. The Morgan fingerprint density at radius 2 is 0.925 bits per heavy atom. The van der Waals surface area contributed by atoms with E-state index in [0.717, 1.165) is 76.1 Å². The number of nitrogens with zero attached hydrogens (tertiary/aromatic N) is 2. The number of alkyl halides is 6. The first kappa shape index (κ1) is 38.6. The molecule has 0 amide bonds. The number of ether oxygens (including phenoxy) is 2. The van der Waals surface area contributed by atoms with Crippen molar-refractivity contribution >= 4 is 9.84 Å². The second-order valence-corrected chi connectivity index (χ2v) is 15.4. The van der Waals surface area contributed by atoms with E-state index in [9.17, 15) is 34.8 Å². The molecule has 0 atom stereocenters. The highest BCUT2D eigenvalue weighted by Crippen LogP contribution is 2.37. The Morgan fingerprint density at radius 3 is 1.34 bits per heavy atom. The highest BCUT2D eigenvalue weighted by Gasteiger charge is 2.33. The molecule has 4 aromatic carbocycles. The van der Waals surface area contributed by atoms with Gasteiger partial charge in [0.05, 0.1) is 20.9 Å². The molecule has 4 aromatic rings. The maximum Gasteiger partial charge on any atom is 0.416 e. The SMILES string of the molecule is O=S(=O)(c1ccc(Oc2cc(CN3CCCCCCC3)cc(C(F)(F)F)c2)cc1)c1ccc(Oc2cc(CN3CCNCC3)cc(C(F)(F)F)c2)cc1. The Balaban J connectivity index is 1.15. The van der Waals surface area contributed by atoms with E-state index in [2.05, 4.69) is 10.2 Å². The zero-order chi connectivity index (χ0) is 37.6. The van der Waals surface area contributed by atoms with Crippen molar-refractivity contribution in [1.82, 2.24) is 15.1 Å². The Morgan fingerprint density at radius 1 is 0.528 bits per heavy atom. The van der Waals surface area contributed by atoms with Crippen molar-refractivity contribution in [2.45, 2.75) is 67.3 Å². The van der Waals surface area contributed by atoms with Crippen LogP contribution in [0.4, 0.5) is 26.3 Å². The number of rotatable bonds is 10. The lowest BCUT2D eigenvalue weighted by atomic mass is 10.1. The van der Waals surface area contributed by atoms with Crippen LogP contribution in [-0.2, 0) is 35.3 Å². The third-order valence-electron chi connectivity index (χ3n) is 9.30. The Hall–Kier alpha value is -4.11. The van der Waals surface area contributed by atoms with Crippen LogP contribution in [0, 0.1) is 0 Å². The molecule has 0 aliphatic carbocycles. The predicted molar refractivity (Wildman–Crippen MR) is 188 cm³/mol. The van der Waals surface area contributed by atoms with Crippen molar-refractivity contribution in [3.05, 3.63) is 107 Å². The van der Waals surface area contributed by atoms with Gasteiger partial charge in [-0.1, -0.05) is 19.3 Å². The second kappa shape index (κ2) is 16.5. The molecule has 2 aliphatic heterocycles. The minimum absolute atomic E-state index is 0.00949. The molecule has 0 radical (unpaired) electrons. The van der Waals surface area contributed by atoms with E-state index >= 15 is 0 Å². The molecular weight excluding hydrogens is 721 g/mol. The molecular formula is C39H41F6N3O4S. The number of halogens is 6. The van der Waals surface area contributed by atoms with Crippen LogP contribution in [-0.4, -0.2) is 57.5 Å². The average Bonchev–Trinajstić information content (AvgIpc) is 3.09. The largest absolute Gasteiger partial charge is 0.457 e. The summed E-state index contributed by atoms with van der Waals surface area (Å²) in [5.74, 6) is 0.264. The molecule has 2 aliphatic rings. The molecule has 7 nitrogen and oxygen atoms in total. The Kier molecular flexibility index (Phi) is 12.0. The van der Waals surface area contributed by atoms with Crippen LogP contribution in [0.5, 0.6) is 23.0 Å². The zero-order valence-electron chi connectivity index (χ0n) is 29.0. The number of nitrogens with one attached hydrogen (secondary N) is 1. The van der Waals surface area contributed by atoms with Crippen LogP contribution in [0.1, 0.15) is 54.4 Å². The van der Waals surface area contributed by atoms with Crippen molar-refractivity contribution in [3.63, 3.8) is 0 Å². The predicted octanol–water partition coefficient (Wildman–Crippen LogP) is 9.31. The van der Waals surface area contributed by atoms with E-state index in [4.69, 9.17) is 9.47 Å². The molecule has 14 heteroatoms. The lowest BCUT2D eigenvalue weighted by Crippen LogP contribution is -2.42. The van der Waals surface area contributed by atoms with Gasteiger partial charge in [0.2, 0.25) is 9.84 Å². The molecule has 284 valence electrons. The van der Waals surface area contributed by atoms with Gasteiger partial charge in [-0.2, -0.15) is 26.3 Å². The van der Waals surface area contributed by atoms with Gasteiger partial charge in [-0.3, -0.25) is 9.80 Å². The van der Waals surface area contributed by atoms with E-state index < -0.39 is 33.3 Å². The normalized spacial score (nSPS) is 16.9. The van der Waals surface area contributed by atoms with Crippen molar-refractivity contribution in [2.75, 3.05) is 39.3 Å². The summed E-state index contributed by atoms with van der Waals surface area (Å²) in [5.41, 5.74) is -0.749. The van der Waals surface area contributed by atoms with Gasteiger partial charge in [-0.25, -0.2) is 8.42 Å². The maximum absolute atomic E-state index is 13.8. The van der Waals surface area contributed by atoms with E-state index in [0.29, 0.717) is 37.3 Å². The second-order valence-electron chi connectivity index (χ2n) is 13.4. The number of likely N-dealkylation sites (tertiary alicyclic amines) is 1. The van der Waals surface area contributed by atoms with Gasteiger partial charge in [-0.15, -0.1) is 0 Å². The number of benzene rings is 4. The lowest BCUT2D eigenvalue weighted by molar-refractivity contribution is -0.138. The van der Waals surface area contributed by atoms with Crippen LogP contribution in [0.2, 0.25) is 0 Å².